The van der Waals surface area contributed by atoms with E-state index < -0.39 is 0 Å². The molecule has 1 aliphatic heterocycles. The van der Waals surface area contributed by atoms with Crippen molar-refractivity contribution >= 4 is 11.9 Å². The predicted molar refractivity (Wildman–Crippen MR) is 107 cm³/mol. The minimum Gasteiger partial charge on any atom is -0.469 e. The third-order valence-corrected chi connectivity index (χ3v) is 5.15. The number of rotatable bonds is 4. The van der Waals surface area contributed by atoms with Crippen molar-refractivity contribution in [1.29, 1.82) is 0 Å². The fourth-order valence-corrected chi connectivity index (χ4v) is 3.55. The van der Waals surface area contributed by atoms with Crippen molar-refractivity contribution in [2.24, 2.45) is 5.92 Å². The van der Waals surface area contributed by atoms with E-state index in [0.29, 0.717) is 31.8 Å². The second kappa shape index (κ2) is 8.26. The molecular weight excluding hydrogens is 368 g/mol. The number of para-hydroxylation sites is 1. The number of hydrogen-bond donors (Lipinski definition) is 0. The van der Waals surface area contributed by atoms with E-state index in [2.05, 4.69) is 10.1 Å². The van der Waals surface area contributed by atoms with Crippen LogP contribution >= 0.6 is 0 Å². The first kappa shape index (κ1) is 18.9. The van der Waals surface area contributed by atoms with Gasteiger partial charge < -0.3 is 9.64 Å². The summed E-state index contributed by atoms with van der Waals surface area (Å²) in [6, 6.07) is 19.3. The van der Waals surface area contributed by atoms with Gasteiger partial charge in [0.1, 0.15) is 0 Å². The summed E-state index contributed by atoms with van der Waals surface area (Å²) in [5.41, 5.74) is 1.72. The van der Waals surface area contributed by atoms with Gasteiger partial charge in [-0.3, -0.25) is 9.59 Å². The van der Waals surface area contributed by atoms with Crippen molar-refractivity contribution in [3.63, 3.8) is 0 Å². The van der Waals surface area contributed by atoms with Gasteiger partial charge in [-0.25, -0.2) is 9.67 Å². The van der Waals surface area contributed by atoms with Crippen LogP contribution in [0.2, 0.25) is 0 Å². The minimum atomic E-state index is -0.222. The number of likely N-dealkylation sites (tertiary alicyclic amines) is 1. The van der Waals surface area contributed by atoms with Crippen LogP contribution in [0.25, 0.3) is 17.1 Å². The first-order chi connectivity index (χ1) is 14.2. The summed E-state index contributed by atoms with van der Waals surface area (Å²) < 4.78 is 6.51. The summed E-state index contributed by atoms with van der Waals surface area (Å²) in [5.74, 6) is 0.183. The molecule has 0 spiro atoms. The molecule has 0 radical (unpaired) electrons. The van der Waals surface area contributed by atoms with E-state index >= 15 is 0 Å². The summed E-state index contributed by atoms with van der Waals surface area (Å²) >= 11 is 0. The second-order valence-electron chi connectivity index (χ2n) is 6.96. The normalized spacial score (nSPS) is 14.6. The molecular formula is C22H22N4O3. The minimum absolute atomic E-state index is 0.154. The topological polar surface area (TPSA) is 77.3 Å². The summed E-state index contributed by atoms with van der Waals surface area (Å²) in [6.45, 7) is 0.971. The van der Waals surface area contributed by atoms with Gasteiger partial charge in [0.15, 0.2) is 5.82 Å². The lowest BCUT2D eigenvalue weighted by Crippen LogP contribution is -2.41. The molecule has 148 valence electrons. The Balaban J connectivity index is 1.62. The van der Waals surface area contributed by atoms with Crippen molar-refractivity contribution in [2.45, 2.75) is 12.8 Å². The average molecular weight is 390 g/mol. The van der Waals surface area contributed by atoms with Crippen LogP contribution in [0.1, 0.15) is 23.5 Å². The zero-order chi connectivity index (χ0) is 20.2. The predicted octanol–water partition coefficient (Wildman–Crippen LogP) is 2.96. The van der Waals surface area contributed by atoms with Crippen LogP contribution in [0.4, 0.5) is 0 Å². The molecule has 1 aromatic heterocycles. The average Bonchev–Trinajstić information content (AvgIpc) is 3.25. The van der Waals surface area contributed by atoms with E-state index in [-0.39, 0.29) is 23.6 Å². The lowest BCUT2D eigenvalue weighted by Gasteiger charge is -2.29. The van der Waals surface area contributed by atoms with Crippen LogP contribution in [-0.2, 0) is 9.53 Å². The lowest BCUT2D eigenvalue weighted by molar-refractivity contribution is -0.146. The molecule has 0 unspecified atom stereocenters. The number of amides is 1. The second-order valence-corrected chi connectivity index (χ2v) is 6.96. The molecule has 0 N–H and O–H groups in total. The third-order valence-electron chi connectivity index (χ3n) is 5.15. The Hall–Kier alpha value is -3.48. The van der Waals surface area contributed by atoms with E-state index in [9.17, 15) is 9.59 Å². The van der Waals surface area contributed by atoms with Crippen molar-refractivity contribution in [2.75, 3.05) is 20.2 Å². The number of methoxy groups -OCH3 is 1. The van der Waals surface area contributed by atoms with Crippen molar-refractivity contribution in [3.8, 4) is 17.1 Å². The molecule has 3 aromatic rings. The maximum atomic E-state index is 13.0. The maximum absolute atomic E-state index is 13.0. The van der Waals surface area contributed by atoms with Gasteiger partial charge in [0.25, 0.3) is 5.91 Å². The molecule has 1 fully saturated rings. The molecule has 29 heavy (non-hydrogen) atoms. The quantitative estimate of drug-likeness (QED) is 0.640. The summed E-state index contributed by atoms with van der Waals surface area (Å²) in [6.07, 6.45) is 1.17. The van der Waals surface area contributed by atoms with Gasteiger partial charge in [-0.1, -0.05) is 48.5 Å². The fourth-order valence-electron chi connectivity index (χ4n) is 3.55. The van der Waals surface area contributed by atoms with Crippen LogP contribution in [0.5, 0.6) is 0 Å². The van der Waals surface area contributed by atoms with Gasteiger partial charge >= 0.3 is 5.97 Å². The van der Waals surface area contributed by atoms with Crippen molar-refractivity contribution in [3.05, 3.63) is 66.5 Å². The fraction of sp³-hybridized carbons (Fsp3) is 0.273. The molecule has 0 bridgehead atoms. The first-order valence-electron chi connectivity index (χ1n) is 9.62. The number of carbonyl (C=O) groups is 2. The van der Waals surface area contributed by atoms with Crippen molar-refractivity contribution in [1.82, 2.24) is 19.7 Å². The van der Waals surface area contributed by atoms with Gasteiger partial charge in [-0.05, 0) is 25.0 Å². The molecule has 1 aliphatic rings. The van der Waals surface area contributed by atoms with Gasteiger partial charge in [-0.15, -0.1) is 5.10 Å². The maximum Gasteiger partial charge on any atom is 0.308 e. The molecule has 2 aromatic carbocycles. The highest BCUT2D eigenvalue weighted by Gasteiger charge is 2.30. The van der Waals surface area contributed by atoms with Crippen LogP contribution in [0.3, 0.4) is 0 Å². The number of piperidine rings is 1. The Morgan fingerprint density at radius 2 is 1.59 bits per heavy atom. The SMILES string of the molecule is COC(=O)C1CCN(C(=O)c2nc(-c3ccccc3)n(-c3ccccc3)n2)CC1. The Bertz CT molecular complexity index is 936. The molecule has 7 heteroatoms. The number of hydrogen-bond acceptors (Lipinski definition) is 5. The van der Waals surface area contributed by atoms with Crippen LogP contribution in [0, 0.1) is 5.92 Å². The number of esters is 1. The lowest BCUT2D eigenvalue weighted by atomic mass is 9.97. The molecule has 0 aliphatic carbocycles. The van der Waals surface area contributed by atoms with Gasteiger partial charge in [0, 0.05) is 18.7 Å². The summed E-state index contributed by atoms with van der Waals surface area (Å²) in [5, 5.41) is 4.52. The number of ether oxygens (including phenoxy) is 1. The van der Waals surface area contributed by atoms with E-state index in [0.717, 1.165) is 11.3 Å². The Morgan fingerprint density at radius 3 is 2.21 bits per heavy atom. The first-order valence-corrected chi connectivity index (χ1v) is 9.62. The van der Waals surface area contributed by atoms with Crippen LogP contribution in [-0.4, -0.2) is 51.7 Å². The molecule has 7 nitrogen and oxygen atoms in total. The van der Waals surface area contributed by atoms with E-state index in [4.69, 9.17) is 4.74 Å². The van der Waals surface area contributed by atoms with Crippen molar-refractivity contribution < 1.29 is 14.3 Å². The van der Waals surface area contributed by atoms with Crippen LogP contribution in [0.15, 0.2) is 60.7 Å². The molecule has 1 amide bonds. The summed E-state index contributed by atoms with van der Waals surface area (Å²) in [4.78, 5) is 31.0. The smallest absolute Gasteiger partial charge is 0.308 e. The molecule has 0 saturated carbocycles. The largest absolute Gasteiger partial charge is 0.469 e. The highest BCUT2D eigenvalue weighted by atomic mass is 16.5. The van der Waals surface area contributed by atoms with E-state index in [1.54, 1.807) is 9.58 Å². The van der Waals surface area contributed by atoms with E-state index in [1.807, 2.05) is 60.7 Å². The number of aromatic nitrogens is 3. The van der Waals surface area contributed by atoms with Gasteiger partial charge in [0.05, 0.1) is 18.7 Å². The zero-order valence-electron chi connectivity index (χ0n) is 16.2. The molecule has 1 saturated heterocycles. The molecule has 2 heterocycles. The summed E-state index contributed by atoms with van der Waals surface area (Å²) in [7, 11) is 1.39. The number of nitrogens with zero attached hydrogens (tertiary/aromatic N) is 4. The highest BCUT2D eigenvalue weighted by Crippen LogP contribution is 2.23. The third kappa shape index (κ3) is 3.89. The Kier molecular flexibility index (Phi) is 5.37. The van der Waals surface area contributed by atoms with E-state index in [1.165, 1.54) is 7.11 Å². The van der Waals surface area contributed by atoms with Gasteiger partial charge in [0.2, 0.25) is 5.82 Å². The number of benzene rings is 2. The number of carbonyl (C=O) groups excluding carboxylic acids is 2. The van der Waals surface area contributed by atoms with Crippen LogP contribution < -0.4 is 0 Å². The Labute approximate surface area is 168 Å². The monoisotopic (exact) mass is 390 g/mol. The van der Waals surface area contributed by atoms with Gasteiger partial charge in [-0.2, -0.15) is 0 Å². The highest BCUT2D eigenvalue weighted by molar-refractivity contribution is 5.91. The molecule has 4 rings (SSSR count). The zero-order valence-corrected chi connectivity index (χ0v) is 16.2. The molecule has 0 atom stereocenters. The Morgan fingerprint density at radius 1 is 0.966 bits per heavy atom. The standard InChI is InChI=1S/C22H22N4O3/c1-29-22(28)17-12-14-25(15-13-17)21(27)19-23-20(16-8-4-2-5-9-16)26(24-19)18-10-6-3-7-11-18/h2-11,17H,12-15H2,1H3.